The Morgan fingerprint density at radius 1 is 1.07 bits per heavy atom. The molecule has 1 heterocycles. The molecule has 0 saturated carbocycles. The number of carbonyl (C=O) groups is 1. The van der Waals surface area contributed by atoms with Gasteiger partial charge in [-0.1, -0.05) is 36.4 Å². The van der Waals surface area contributed by atoms with Crippen molar-refractivity contribution in [1.82, 2.24) is 4.90 Å². The van der Waals surface area contributed by atoms with Crippen molar-refractivity contribution in [2.75, 3.05) is 13.2 Å². The van der Waals surface area contributed by atoms with Crippen LogP contribution in [0.2, 0.25) is 0 Å². The van der Waals surface area contributed by atoms with Crippen molar-refractivity contribution < 1.29 is 9.53 Å². The number of carbonyl (C=O) groups excluding carboxylic acids is 1. The number of amides is 1. The zero-order valence-corrected chi connectivity index (χ0v) is 17.0. The van der Waals surface area contributed by atoms with E-state index in [0.717, 1.165) is 33.3 Å². The van der Waals surface area contributed by atoms with Gasteiger partial charge in [-0.2, -0.15) is 0 Å². The largest absolute Gasteiger partial charge is 0.493 e. The molecule has 0 radical (unpaired) electrons. The summed E-state index contributed by atoms with van der Waals surface area (Å²) in [5.74, 6) is 0.767. The van der Waals surface area contributed by atoms with Gasteiger partial charge in [0.1, 0.15) is 5.75 Å². The molecule has 2 aromatic rings. The van der Waals surface area contributed by atoms with Crippen molar-refractivity contribution >= 4 is 34.6 Å². The first kappa shape index (κ1) is 19.2. The van der Waals surface area contributed by atoms with Gasteiger partial charge in [0.2, 0.25) is 0 Å². The smallest absolute Gasteiger partial charge is 0.266 e. The average molecular weight is 381 g/mol. The predicted molar refractivity (Wildman–Crippen MR) is 114 cm³/mol. The Bertz CT molecular complexity index is 898. The standard InChI is InChI=1S/C22H24N2O2S/c1-5-24-21(25)19(14-17-12-7-8-13-18(17)26-6-2)27-22(24)23-20-15(3)10-9-11-16(20)4/h7-14H,5-6H2,1-4H3/b19-14+,23-22?. The molecular weight excluding hydrogens is 356 g/mol. The van der Waals surface area contributed by atoms with Crippen LogP contribution in [0.1, 0.15) is 30.5 Å². The van der Waals surface area contributed by atoms with Gasteiger partial charge in [-0.05, 0) is 62.7 Å². The molecule has 4 nitrogen and oxygen atoms in total. The van der Waals surface area contributed by atoms with Gasteiger partial charge in [0.15, 0.2) is 5.17 Å². The molecule has 0 spiro atoms. The molecule has 1 fully saturated rings. The van der Waals surface area contributed by atoms with Crippen LogP contribution in [-0.4, -0.2) is 29.1 Å². The van der Waals surface area contributed by atoms with Crippen LogP contribution in [0.25, 0.3) is 6.08 Å². The maximum Gasteiger partial charge on any atom is 0.266 e. The molecule has 1 aliphatic rings. The van der Waals surface area contributed by atoms with Crippen molar-refractivity contribution in [2.45, 2.75) is 27.7 Å². The minimum atomic E-state index is -0.0150. The van der Waals surface area contributed by atoms with E-state index in [1.807, 2.05) is 76.2 Å². The lowest BCUT2D eigenvalue weighted by Gasteiger charge is -2.13. The normalized spacial score (nSPS) is 17.2. The minimum Gasteiger partial charge on any atom is -0.493 e. The van der Waals surface area contributed by atoms with Gasteiger partial charge in [-0.3, -0.25) is 9.69 Å². The highest BCUT2D eigenvalue weighted by Gasteiger charge is 2.32. The number of aliphatic imine (C=N–C) groups is 1. The summed E-state index contributed by atoms with van der Waals surface area (Å²) in [6, 6.07) is 13.9. The molecule has 0 aliphatic carbocycles. The highest BCUT2D eigenvalue weighted by molar-refractivity contribution is 8.18. The van der Waals surface area contributed by atoms with Gasteiger partial charge >= 0.3 is 0 Å². The molecule has 3 rings (SSSR count). The highest BCUT2D eigenvalue weighted by Crippen LogP contribution is 2.36. The fourth-order valence-electron chi connectivity index (χ4n) is 2.98. The van der Waals surface area contributed by atoms with Gasteiger partial charge in [0.25, 0.3) is 5.91 Å². The quantitative estimate of drug-likeness (QED) is 0.659. The topological polar surface area (TPSA) is 41.9 Å². The monoisotopic (exact) mass is 380 g/mol. The second kappa shape index (κ2) is 8.44. The van der Waals surface area contributed by atoms with Crippen molar-refractivity contribution in [3.8, 4) is 5.75 Å². The number of nitrogens with zero attached hydrogens (tertiary/aromatic N) is 2. The third-order valence-electron chi connectivity index (χ3n) is 4.36. The van der Waals surface area contributed by atoms with E-state index < -0.39 is 0 Å². The summed E-state index contributed by atoms with van der Waals surface area (Å²) in [5.41, 5.74) is 4.04. The summed E-state index contributed by atoms with van der Waals surface area (Å²) < 4.78 is 5.68. The molecule has 1 saturated heterocycles. The van der Waals surface area contributed by atoms with Crippen LogP contribution in [0.15, 0.2) is 52.4 Å². The number of hydrogen-bond donors (Lipinski definition) is 0. The first-order chi connectivity index (χ1) is 13.0. The number of rotatable bonds is 5. The Morgan fingerprint density at radius 3 is 2.44 bits per heavy atom. The number of aryl methyl sites for hydroxylation is 2. The zero-order chi connectivity index (χ0) is 19.4. The molecule has 0 bridgehead atoms. The molecule has 5 heteroatoms. The van der Waals surface area contributed by atoms with Gasteiger partial charge in [0.05, 0.1) is 17.2 Å². The summed E-state index contributed by atoms with van der Waals surface area (Å²) >= 11 is 1.42. The van der Waals surface area contributed by atoms with Crippen molar-refractivity contribution in [3.63, 3.8) is 0 Å². The van der Waals surface area contributed by atoms with E-state index in [-0.39, 0.29) is 5.91 Å². The summed E-state index contributed by atoms with van der Waals surface area (Å²) in [7, 11) is 0. The number of para-hydroxylation sites is 2. The Morgan fingerprint density at radius 2 is 1.78 bits per heavy atom. The number of benzene rings is 2. The fraction of sp³-hybridized carbons (Fsp3) is 0.273. The van der Waals surface area contributed by atoms with Crippen LogP contribution in [0, 0.1) is 13.8 Å². The lowest BCUT2D eigenvalue weighted by atomic mass is 10.1. The number of ether oxygens (including phenoxy) is 1. The van der Waals surface area contributed by atoms with Gasteiger partial charge in [0, 0.05) is 12.1 Å². The Balaban J connectivity index is 1.99. The van der Waals surface area contributed by atoms with E-state index in [9.17, 15) is 4.79 Å². The zero-order valence-electron chi connectivity index (χ0n) is 16.2. The third-order valence-corrected chi connectivity index (χ3v) is 5.36. The van der Waals surface area contributed by atoms with E-state index in [2.05, 4.69) is 0 Å². The van der Waals surface area contributed by atoms with Crippen LogP contribution >= 0.6 is 11.8 Å². The lowest BCUT2D eigenvalue weighted by Crippen LogP contribution is -2.28. The van der Waals surface area contributed by atoms with E-state index in [4.69, 9.17) is 9.73 Å². The van der Waals surface area contributed by atoms with Crippen molar-refractivity contribution in [2.24, 2.45) is 4.99 Å². The molecule has 0 N–H and O–H groups in total. The number of thioether (sulfide) groups is 1. The molecule has 1 amide bonds. The summed E-state index contributed by atoms with van der Waals surface area (Å²) in [6.45, 7) is 9.17. The fourth-order valence-corrected chi connectivity index (χ4v) is 4.02. The van der Waals surface area contributed by atoms with E-state index in [1.165, 1.54) is 11.8 Å². The number of hydrogen-bond acceptors (Lipinski definition) is 4. The molecule has 0 atom stereocenters. The predicted octanol–water partition coefficient (Wildman–Crippen LogP) is 5.33. The number of amidine groups is 1. The Labute approximate surface area is 164 Å². The molecule has 27 heavy (non-hydrogen) atoms. The van der Waals surface area contributed by atoms with Gasteiger partial charge in [-0.15, -0.1) is 0 Å². The van der Waals surface area contributed by atoms with Crippen molar-refractivity contribution in [1.29, 1.82) is 0 Å². The maximum atomic E-state index is 12.9. The van der Waals surface area contributed by atoms with E-state index in [0.29, 0.717) is 18.1 Å². The molecular formula is C22H24N2O2S. The molecule has 0 unspecified atom stereocenters. The molecule has 0 aromatic heterocycles. The summed E-state index contributed by atoms with van der Waals surface area (Å²) in [6.07, 6.45) is 1.90. The average Bonchev–Trinajstić information content (AvgIpc) is 2.95. The van der Waals surface area contributed by atoms with Crippen LogP contribution < -0.4 is 4.74 Å². The third kappa shape index (κ3) is 4.08. The van der Waals surface area contributed by atoms with Gasteiger partial charge < -0.3 is 4.74 Å². The summed E-state index contributed by atoms with van der Waals surface area (Å²) in [4.78, 5) is 20.1. The number of likely N-dealkylation sites (N-methyl/N-ethyl adjacent to an activating group) is 1. The van der Waals surface area contributed by atoms with Crippen LogP contribution in [0.4, 0.5) is 5.69 Å². The Kier molecular flexibility index (Phi) is 6.01. The maximum absolute atomic E-state index is 12.9. The first-order valence-corrected chi connectivity index (χ1v) is 9.95. The van der Waals surface area contributed by atoms with E-state index >= 15 is 0 Å². The molecule has 2 aromatic carbocycles. The van der Waals surface area contributed by atoms with Crippen molar-refractivity contribution in [3.05, 3.63) is 64.1 Å². The van der Waals surface area contributed by atoms with Gasteiger partial charge in [-0.25, -0.2) is 4.99 Å². The Hall–Kier alpha value is -2.53. The minimum absolute atomic E-state index is 0.0150. The second-order valence-electron chi connectivity index (χ2n) is 6.27. The first-order valence-electron chi connectivity index (χ1n) is 9.13. The van der Waals surface area contributed by atoms with Crippen LogP contribution in [0.3, 0.4) is 0 Å². The second-order valence-corrected chi connectivity index (χ2v) is 7.27. The SMILES string of the molecule is CCOc1ccccc1/C=C1/SC(=Nc2c(C)cccc2C)N(CC)C1=O. The molecule has 140 valence electrons. The lowest BCUT2D eigenvalue weighted by molar-refractivity contribution is -0.122. The highest BCUT2D eigenvalue weighted by atomic mass is 32.2. The van der Waals surface area contributed by atoms with E-state index in [1.54, 1.807) is 4.90 Å². The van der Waals surface area contributed by atoms with Crippen LogP contribution in [-0.2, 0) is 4.79 Å². The summed E-state index contributed by atoms with van der Waals surface area (Å²) in [5, 5.41) is 0.722. The molecule has 1 aliphatic heterocycles. The van der Waals surface area contributed by atoms with Crippen LogP contribution in [0.5, 0.6) is 5.75 Å².